The fraction of sp³-hybridized carbons (Fsp3) is 0.333. The van der Waals surface area contributed by atoms with Crippen LogP contribution in [0.3, 0.4) is 0 Å². The van der Waals surface area contributed by atoms with Gasteiger partial charge in [-0.15, -0.1) is 5.10 Å². The van der Waals surface area contributed by atoms with Crippen LogP contribution < -0.4 is 10.1 Å². The average Bonchev–Trinajstić information content (AvgIpc) is 2.38. The lowest BCUT2D eigenvalue weighted by atomic mass is 10.2. The number of aryl methyl sites for hydroxylation is 2. The fourth-order valence-electron chi connectivity index (χ4n) is 1.68. The lowest BCUT2D eigenvalue weighted by Gasteiger charge is -2.15. The van der Waals surface area contributed by atoms with E-state index in [1.807, 2.05) is 37.3 Å². The molecule has 1 aromatic carbocycles. The molecule has 0 aliphatic carbocycles. The standard InChI is InChI=1S/C15H19N3O/c1-11-4-6-14(7-5-11)19-10-13(3)17-15-8-12(2)9-16-18-15/h4-9,13H,10H2,1-3H3,(H,17,18). The minimum atomic E-state index is 0.164. The van der Waals surface area contributed by atoms with Gasteiger partial charge in [0.2, 0.25) is 0 Å². The van der Waals surface area contributed by atoms with Crippen LogP contribution in [0.25, 0.3) is 0 Å². The molecule has 0 bridgehead atoms. The van der Waals surface area contributed by atoms with Gasteiger partial charge in [0.1, 0.15) is 18.2 Å². The second-order valence-corrected chi connectivity index (χ2v) is 4.79. The third kappa shape index (κ3) is 4.25. The van der Waals surface area contributed by atoms with Crippen molar-refractivity contribution in [3.63, 3.8) is 0 Å². The van der Waals surface area contributed by atoms with E-state index in [1.54, 1.807) is 6.20 Å². The molecule has 4 heteroatoms. The van der Waals surface area contributed by atoms with Crippen LogP contribution in [0.4, 0.5) is 5.82 Å². The molecular weight excluding hydrogens is 238 g/mol. The van der Waals surface area contributed by atoms with Crippen molar-refractivity contribution in [1.29, 1.82) is 0 Å². The monoisotopic (exact) mass is 257 g/mol. The molecule has 19 heavy (non-hydrogen) atoms. The first-order valence-electron chi connectivity index (χ1n) is 6.39. The normalized spacial score (nSPS) is 11.9. The van der Waals surface area contributed by atoms with Gasteiger partial charge in [-0.25, -0.2) is 0 Å². The Balaban J connectivity index is 1.84. The van der Waals surface area contributed by atoms with Gasteiger partial charge in [0.05, 0.1) is 12.2 Å². The van der Waals surface area contributed by atoms with Crippen molar-refractivity contribution in [2.24, 2.45) is 0 Å². The zero-order valence-corrected chi connectivity index (χ0v) is 11.6. The van der Waals surface area contributed by atoms with Crippen molar-refractivity contribution in [2.75, 3.05) is 11.9 Å². The van der Waals surface area contributed by atoms with E-state index in [0.29, 0.717) is 6.61 Å². The zero-order valence-electron chi connectivity index (χ0n) is 11.6. The van der Waals surface area contributed by atoms with E-state index in [0.717, 1.165) is 17.1 Å². The third-order valence-corrected chi connectivity index (χ3v) is 2.71. The molecule has 0 spiro atoms. The van der Waals surface area contributed by atoms with Crippen LogP contribution in [0.2, 0.25) is 0 Å². The summed E-state index contributed by atoms with van der Waals surface area (Å²) >= 11 is 0. The van der Waals surface area contributed by atoms with Crippen molar-refractivity contribution in [3.05, 3.63) is 47.7 Å². The summed E-state index contributed by atoms with van der Waals surface area (Å²) in [5, 5.41) is 11.2. The van der Waals surface area contributed by atoms with Crippen LogP contribution >= 0.6 is 0 Å². The number of anilines is 1. The first kappa shape index (κ1) is 13.3. The first-order chi connectivity index (χ1) is 9.13. The van der Waals surface area contributed by atoms with E-state index in [1.165, 1.54) is 5.56 Å². The van der Waals surface area contributed by atoms with E-state index in [-0.39, 0.29) is 6.04 Å². The smallest absolute Gasteiger partial charge is 0.149 e. The molecule has 0 aliphatic heterocycles. The summed E-state index contributed by atoms with van der Waals surface area (Å²) in [6, 6.07) is 10.2. The first-order valence-corrected chi connectivity index (χ1v) is 6.39. The molecular formula is C15H19N3O. The van der Waals surface area contributed by atoms with Crippen molar-refractivity contribution in [3.8, 4) is 5.75 Å². The SMILES string of the molecule is Cc1ccc(OCC(C)Nc2cc(C)cnn2)cc1. The number of ether oxygens (including phenoxy) is 1. The molecule has 1 atom stereocenters. The summed E-state index contributed by atoms with van der Waals surface area (Å²) < 4.78 is 5.71. The number of rotatable bonds is 5. The van der Waals surface area contributed by atoms with Gasteiger partial charge in [0, 0.05) is 0 Å². The molecule has 0 saturated carbocycles. The van der Waals surface area contributed by atoms with E-state index >= 15 is 0 Å². The van der Waals surface area contributed by atoms with Crippen LogP contribution in [-0.2, 0) is 0 Å². The Morgan fingerprint density at radius 2 is 1.89 bits per heavy atom. The second-order valence-electron chi connectivity index (χ2n) is 4.79. The molecule has 0 fully saturated rings. The van der Waals surface area contributed by atoms with Gasteiger partial charge in [-0.3, -0.25) is 0 Å². The number of aromatic nitrogens is 2. The van der Waals surface area contributed by atoms with E-state index in [2.05, 4.69) is 29.4 Å². The molecule has 1 unspecified atom stereocenters. The Morgan fingerprint density at radius 3 is 2.58 bits per heavy atom. The highest BCUT2D eigenvalue weighted by Gasteiger charge is 2.04. The zero-order chi connectivity index (χ0) is 13.7. The molecule has 0 amide bonds. The molecule has 1 aromatic heterocycles. The Hall–Kier alpha value is -2.10. The van der Waals surface area contributed by atoms with Gasteiger partial charge in [-0.1, -0.05) is 17.7 Å². The second kappa shape index (κ2) is 6.18. The fourth-order valence-corrected chi connectivity index (χ4v) is 1.68. The van der Waals surface area contributed by atoms with Crippen LogP contribution in [0.15, 0.2) is 36.5 Å². The molecule has 0 radical (unpaired) electrons. The van der Waals surface area contributed by atoms with Crippen LogP contribution in [0.5, 0.6) is 5.75 Å². The van der Waals surface area contributed by atoms with Crippen LogP contribution in [0.1, 0.15) is 18.1 Å². The quantitative estimate of drug-likeness (QED) is 0.894. The van der Waals surface area contributed by atoms with Crippen molar-refractivity contribution < 1.29 is 4.74 Å². The van der Waals surface area contributed by atoms with Gasteiger partial charge in [-0.05, 0) is 44.5 Å². The molecule has 1 heterocycles. The highest BCUT2D eigenvalue weighted by Crippen LogP contribution is 2.12. The van der Waals surface area contributed by atoms with Gasteiger partial charge >= 0.3 is 0 Å². The Morgan fingerprint density at radius 1 is 1.16 bits per heavy atom. The number of nitrogens with one attached hydrogen (secondary N) is 1. The lowest BCUT2D eigenvalue weighted by Crippen LogP contribution is -2.24. The summed E-state index contributed by atoms with van der Waals surface area (Å²) in [5.74, 6) is 1.66. The molecule has 0 aliphatic rings. The molecule has 100 valence electrons. The van der Waals surface area contributed by atoms with Crippen molar-refractivity contribution >= 4 is 5.82 Å². The summed E-state index contributed by atoms with van der Waals surface area (Å²) in [7, 11) is 0. The summed E-state index contributed by atoms with van der Waals surface area (Å²) in [5.41, 5.74) is 2.32. The number of benzene rings is 1. The molecule has 2 rings (SSSR count). The predicted octanol–water partition coefficient (Wildman–Crippen LogP) is 2.97. The minimum absolute atomic E-state index is 0.164. The van der Waals surface area contributed by atoms with Crippen LogP contribution in [-0.4, -0.2) is 22.8 Å². The predicted molar refractivity (Wildman–Crippen MR) is 76.5 cm³/mol. The van der Waals surface area contributed by atoms with Gasteiger partial charge in [0.15, 0.2) is 0 Å². The average molecular weight is 257 g/mol. The largest absolute Gasteiger partial charge is 0.491 e. The lowest BCUT2D eigenvalue weighted by molar-refractivity contribution is 0.303. The molecule has 0 saturated heterocycles. The maximum atomic E-state index is 5.71. The molecule has 2 aromatic rings. The van der Waals surface area contributed by atoms with Gasteiger partial charge in [0.25, 0.3) is 0 Å². The third-order valence-electron chi connectivity index (χ3n) is 2.71. The Kier molecular flexibility index (Phi) is 4.34. The molecule has 1 N–H and O–H groups in total. The van der Waals surface area contributed by atoms with E-state index in [4.69, 9.17) is 4.74 Å². The van der Waals surface area contributed by atoms with Crippen LogP contribution in [0, 0.1) is 13.8 Å². The maximum Gasteiger partial charge on any atom is 0.149 e. The summed E-state index contributed by atoms with van der Waals surface area (Å²) in [6.07, 6.45) is 1.73. The highest BCUT2D eigenvalue weighted by atomic mass is 16.5. The number of hydrogen-bond donors (Lipinski definition) is 1. The Labute approximate surface area is 113 Å². The minimum Gasteiger partial charge on any atom is -0.491 e. The van der Waals surface area contributed by atoms with Crippen molar-refractivity contribution in [1.82, 2.24) is 10.2 Å². The summed E-state index contributed by atoms with van der Waals surface area (Å²) in [4.78, 5) is 0. The topological polar surface area (TPSA) is 47.0 Å². The van der Waals surface area contributed by atoms with Crippen molar-refractivity contribution in [2.45, 2.75) is 26.8 Å². The number of nitrogens with zero attached hydrogens (tertiary/aromatic N) is 2. The van der Waals surface area contributed by atoms with Gasteiger partial charge in [-0.2, -0.15) is 5.10 Å². The number of hydrogen-bond acceptors (Lipinski definition) is 4. The van der Waals surface area contributed by atoms with Gasteiger partial charge < -0.3 is 10.1 Å². The summed E-state index contributed by atoms with van der Waals surface area (Å²) in [6.45, 7) is 6.69. The molecule has 4 nitrogen and oxygen atoms in total. The Bertz CT molecular complexity index is 525. The highest BCUT2D eigenvalue weighted by molar-refractivity contribution is 5.36. The van der Waals surface area contributed by atoms with E-state index in [9.17, 15) is 0 Å². The van der Waals surface area contributed by atoms with E-state index < -0.39 is 0 Å². The maximum absolute atomic E-state index is 5.71.